The Hall–Kier alpha value is -2.60. The molecule has 0 saturated carbocycles. The molecule has 1 atom stereocenters. The highest BCUT2D eigenvalue weighted by atomic mass is 16.5. The van der Waals surface area contributed by atoms with Crippen molar-refractivity contribution in [1.29, 1.82) is 0 Å². The minimum atomic E-state index is 0.130. The van der Waals surface area contributed by atoms with E-state index >= 15 is 0 Å². The van der Waals surface area contributed by atoms with Gasteiger partial charge >= 0.3 is 0 Å². The summed E-state index contributed by atoms with van der Waals surface area (Å²) in [7, 11) is 5.01. The van der Waals surface area contributed by atoms with Crippen LogP contribution in [-0.4, -0.2) is 32.8 Å². The van der Waals surface area contributed by atoms with Crippen molar-refractivity contribution in [2.75, 3.05) is 27.9 Å². The van der Waals surface area contributed by atoms with Gasteiger partial charge in [-0.15, -0.1) is 0 Å². The summed E-state index contributed by atoms with van der Waals surface area (Å²) in [5, 5.41) is 3.07. The lowest BCUT2D eigenvalue weighted by Crippen LogP contribution is -2.39. The van der Waals surface area contributed by atoms with Gasteiger partial charge in [0.2, 0.25) is 0 Å². The minimum Gasteiger partial charge on any atom is -0.496 e. The van der Waals surface area contributed by atoms with Crippen LogP contribution in [-0.2, 0) is 25.9 Å². The second-order valence-corrected chi connectivity index (χ2v) is 7.03. The third-order valence-corrected chi connectivity index (χ3v) is 5.77. The van der Waals surface area contributed by atoms with E-state index < -0.39 is 0 Å². The molecule has 4 rings (SSSR count). The van der Waals surface area contributed by atoms with E-state index in [2.05, 4.69) is 28.3 Å². The molecule has 0 saturated heterocycles. The van der Waals surface area contributed by atoms with E-state index in [0.717, 1.165) is 48.7 Å². The quantitative estimate of drug-likeness (QED) is 0.754. The van der Waals surface area contributed by atoms with Crippen LogP contribution >= 0.6 is 0 Å². The summed E-state index contributed by atoms with van der Waals surface area (Å²) in [4.78, 5) is 13.3. The molecule has 6 heteroatoms. The van der Waals surface area contributed by atoms with Gasteiger partial charge in [0.1, 0.15) is 12.3 Å². The van der Waals surface area contributed by atoms with Crippen LogP contribution in [0.25, 0.3) is 0 Å². The Kier molecular flexibility index (Phi) is 4.74. The van der Waals surface area contributed by atoms with Crippen LogP contribution in [0, 0.1) is 4.91 Å². The van der Waals surface area contributed by atoms with Crippen LogP contribution in [0.4, 0.5) is 0 Å². The number of ether oxygens (including phenoxy) is 3. The lowest BCUT2D eigenvalue weighted by Gasteiger charge is -2.42. The second-order valence-electron chi connectivity index (χ2n) is 7.03. The van der Waals surface area contributed by atoms with Gasteiger partial charge in [-0.3, -0.25) is 4.90 Å². The average molecular weight is 368 g/mol. The van der Waals surface area contributed by atoms with Crippen molar-refractivity contribution in [2.45, 2.75) is 32.0 Å². The predicted octanol–water partition coefficient (Wildman–Crippen LogP) is 3.63. The van der Waals surface area contributed by atoms with Crippen LogP contribution in [0.3, 0.4) is 0 Å². The lowest BCUT2D eigenvalue weighted by molar-refractivity contribution is 0.157. The number of nitrogens with zero attached hydrogens (tertiary/aromatic N) is 2. The molecule has 142 valence electrons. The SMILES string of the molecule is COc1cc2c(cc1CN=O)[C@@H]1Cc3ccc(OC)c(OC)c3CN1CC2. The Bertz CT molecular complexity index is 881. The number of methoxy groups -OCH3 is 3. The standard InChI is InChI=1S/C21H24N2O4/c1-25-19-5-4-13-9-18-16-8-15(11-22-24)20(26-2)10-14(16)6-7-23(18)12-17(13)21(19)27-3/h4-5,8,10,18H,6-7,9,11-12H2,1-3H3/t18-/m0/s1. The Morgan fingerprint density at radius 2 is 1.89 bits per heavy atom. The van der Waals surface area contributed by atoms with Crippen molar-refractivity contribution < 1.29 is 14.2 Å². The fraction of sp³-hybridized carbons (Fsp3) is 0.429. The summed E-state index contributed by atoms with van der Waals surface area (Å²) >= 11 is 0. The molecule has 0 amide bonds. The maximum Gasteiger partial charge on any atom is 0.165 e. The molecular weight excluding hydrogens is 344 g/mol. The topological polar surface area (TPSA) is 60.4 Å². The van der Waals surface area contributed by atoms with E-state index in [4.69, 9.17) is 14.2 Å². The zero-order valence-electron chi connectivity index (χ0n) is 15.9. The van der Waals surface area contributed by atoms with Crippen LogP contribution in [0.1, 0.15) is 33.9 Å². The Morgan fingerprint density at radius 1 is 1.07 bits per heavy atom. The summed E-state index contributed by atoms with van der Waals surface area (Å²) in [6.45, 7) is 1.93. The predicted molar refractivity (Wildman–Crippen MR) is 103 cm³/mol. The fourth-order valence-electron chi connectivity index (χ4n) is 4.45. The molecular formula is C21H24N2O4. The highest BCUT2D eigenvalue weighted by molar-refractivity contribution is 5.53. The molecule has 2 aliphatic rings. The van der Waals surface area contributed by atoms with E-state index in [1.807, 2.05) is 6.07 Å². The van der Waals surface area contributed by atoms with Gasteiger partial charge in [0.05, 0.1) is 21.3 Å². The molecule has 0 spiro atoms. The van der Waals surface area contributed by atoms with Crippen LogP contribution < -0.4 is 14.2 Å². The van der Waals surface area contributed by atoms with Crippen LogP contribution in [0.5, 0.6) is 17.2 Å². The van der Waals surface area contributed by atoms with Crippen molar-refractivity contribution in [3.63, 3.8) is 0 Å². The van der Waals surface area contributed by atoms with Crippen molar-refractivity contribution in [2.24, 2.45) is 5.18 Å². The maximum atomic E-state index is 10.8. The lowest BCUT2D eigenvalue weighted by atomic mass is 9.83. The van der Waals surface area contributed by atoms with E-state index in [-0.39, 0.29) is 12.6 Å². The van der Waals surface area contributed by atoms with Gasteiger partial charge < -0.3 is 14.2 Å². The summed E-state index contributed by atoms with van der Waals surface area (Å²) in [5.74, 6) is 2.36. The number of nitroso groups, excluding NO2 is 1. The molecule has 2 aliphatic heterocycles. The monoisotopic (exact) mass is 368 g/mol. The van der Waals surface area contributed by atoms with Crippen molar-refractivity contribution >= 4 is 0 Å². The Labute approximate surface area is 159 Å². The normalized spacial score (nSPS) is 18.1. The number of hydrogen-bond acceptors (Lipinski definition) is 6. The number of benzene rings is 2. The van der Waals surface area contributed by atoms with E-state index in [0.29, 0.717) is 0 Å². The molecule has 0 N–H and O–H groups in total. The molecule has 2 aromatic rings. The molecule has 0 aliphatic carbocycles. The van der Waals surface area contributed by atoms with Gasteiger partial charge in [0.15, 0.2) is 11.5 Å². The molecule has 27 heavy (non-hydrogen) atoms. The van der Waals surface area contributed by atoms with Crippen LogP contribution in [0.2, 0.25) is 0 Å². The number of fused-ring (bicyclic) bond motifs is 4. The number of rotatable bonds is 5. The first-order chi connectivity index (χ1) is 13.2. The van der Waals surface area contributed by atoms with Crippen molar-refractivity contribution in [1.82, 2.24) is 4.90 Å². The molecule has 2 heterocycles. The molecule has 0 radical (unpaired) electrons. The summed E-state index contributed by atoms with van der Waals surface area (Å²) < 4.78 is 16.6. The van der Waals surface area contributed by atoms with Gasteiger partial charge in [0, 0.05) is 30.3 Å². The molecule has 0 aromatic heterocycles. The summed E-state index contributed by atoms with van der Waals surface area (Å²) in [5.41, 5.74) is 5.92. The smallest absolute Gasteiger partial charge is 0.165 e. The Morgan fingerprint density at radius 3 is 2.59 bits per heavy atom. The third-order valence-electron chi connectivity index (χ3n) is 5.77. The minimum absolute atomic E-state index is 0.130. The first kappa shape index (κ1) is 17.8. The fourth-order valence-corrected chi connectivity index (χ4v) is 4.45. The Balaban J connectivity index is 1.76. The molecule has 0 bridgehead atoms. The van der Waals surface area contributed by atoms with E-state index in [9.17, 15) is 4.91 Å². The first-order valence-electron chi connectivity index (χ1n) is 9.15. The molecule has 0 unspecified atom stereocenters. The van der Waals surface area contributed by atoms with Gasteiger partial charge in [0.25, 0.3) is 0 Å². The van der Waals surface area contributed by atoms with Gasteiger partial charge in [-0.25, -0.2) is 0 Å². The van der Waals surface area contributed by atoms with Crippen molar-refractivity contribution in [3.05, 3.63) is 57.0 Å². The third kappa shape index (κ3) is 2.94. The van der Waals surface area contributed by atoms with Gasteiger partial charge in [-0.1, -0.05) is 11.2 Å². The molecule has 2 aromatic carbocycles. The van der Waals surface area contributed by atoms with Crippen LogP contribution in [0.15, 0.2) is 29.4 Å². The van der Waals surface area contributed by atoms with E-state index in [1.54, 1.807) is 21.3 Å². The molecule has 0 fully saturated rings. The highest BCUT2D eigenvalue weighted by Gasteiger charge is 2.34. The van der Waals surface area contributed by atoms with Crippen molar-refractivity contribution in [3.8, 4) is 17.2 Å². The zero-order valence-corrected chi connectivity index (χ0v) is 15.9. The average Bonchev–Trinajstić information content (AvgIpc) is 2.71. The largest absolute Gasteiger partial charge is 0.496 e. The number of hydrogen-bond donors (Lipinski definition) is 0. The van der Waals surface area contributed by atoms with E-state index in [1.165, 1.54) is 22.3 Å². The van der Waals surface area contributed by atoms with Gasteiger partial charge in [-0.05, 0) is 47.7 Å². The highest BCUT2D eigenvalue weighted by Crippen LogP contribution is 2.44. The second kappa shape index (κ2) is 7.19. The first-order valence-corrected chi connectivity index (χ1v) is 9.15. The summed E-state index contributed by atoms with van der Waals surface area (Å²) in [6, 6.07) is 8.60. The maximum absolute atomic E-state index is 10.8. The summed E-state index contributed by atoms with van der Waals surface area (Å²) in [6.07, 6.45) is 1.86. The zero-order chi connectivity index (χ0) is 19.0. The van der Waals surface area contributed by atoms with Gasteiger partial charge in [-0.2, -0.15) is 4.91 Å². The molecule has 6 nitrogen and oxygen atoms in total.